The molecule has 2 aromatic rings. The Hall–Kier alpha value is -1.66. The van der Waals surface area contributed by atoms with E-state index >= 15 is 0 Å². The predicted molar refractivity (Wildman–Crippen MR) is 73.6 cm³/mol. The van der Waals surface area contributed by atoms with Crippen LogP contribution in [0.3, 0.4) is 0 Å². The van der Waals surface area contributed by atoms with Gasteiger partial charge in [-0.1, -0.05) is 0 Å². The van der Waals surface area contributed by atoms with Crippen LogP contribution in [0.5, 0.6) is 0 Å². The van der Waals surface area contributed by atoms with Crippen LogP contribution in [0.4, 0.5) is 11.8 Å². The number of hydrogen-bond donors (Lipinski definition) is 2. The van der Waals surface area contributed by atoms with Gasteiger partial charge in [0.05, 0.1) is 6.04 Å². The van der Waals surface area contributed by atoms with Gasteiger partial charge in [0, 0.05) is 17.6 Å². The SMILES string of the molecule is CC1c2ccsc2CCN1c1ccnc(NN)n1. The van der Waals surface area contributed by atoms with E-state index in [9.17, 15) is 0 Å². The molecule has 0 saturated heterocycles. The van der Waals surface area contributed by atoms with Crippen molar-refractivity contribution in [3.63, 3.8) is 0 Å². The minimum atomic E-state index is 0.348. The molecule has 3 N–H and O–H groups in total. The largest absolute Gasteiger partial charge is 0.349 e. The minimum absolute atomic E-state index is 0.348. The Morgan fingerprint density at radius 2 is 2.39 bits per heavy atom. The lowest BCUT2D eigenvalue weighted by atomic mass is 10.0. The van der Waals surface area contributed by atoms with Crippen LogP contribution in [-0.2, 0) is 6.42 Å². The zero-order valence-electron chi connectivity index (χ0n) is 10.1. The molecule has 0 aliphatic carbocycles. The van der Waals surface area contributed by atoms with Gasteiger partial charge in [-0.25, -0.2) is 10.8 Å². The molecule has 1 aliphatic rings. The summed E-state index contributed by atoms with van der Waals surface area (Å²) in [6.07, 6.45) is 2.81. The average Bonchev–Trinajstić information content (AvgIpc) is 2.88. The van der Waals surface area contributed by atoms with Crippen molar-refractivity contribution in [1.82, 2.24) is 9.97 Å². The fourth-order valence-electron chi connectivity index (χ4n) is 2.40. The van der Waals surface area contributed by atoms with Crippen LogP contribution in [0, 0.1) is 0 Å². The van der Waals surface area contributed by atoms with Crippen molar-refractivity contribution in [3.8, 4) is 0 Å². The molecule has 0 aromatic carbocycles. The van der Waals surface area contributed by atoms with E-state index in [0.29, 0.717) is 12.0 Å². The second-order valence-corrected chi connectivity index (χ2v) is 5.30. The number of rotatable bonds is 2. The van der Waals surface area contributed by atoms with Crippen molar-refractivity contribution in [2.45, 2.75) is 19.4 Å². The summed E-state index contributed by atoms with van der Waals surface area (Å²) in [6.45, 7) is 3.19. The first-order valence-electron chi connectivity index (χ1n) is 5.92. The molecule has 6 heteroatoms. The summed E-state index contributed by atoms with van der Waals surface area (Å²) >= 11 is 1.84. The number of aromatic nitrogens is 2. The Balaban J connectivity index is 1.94. The minimum Gasteiger partial charge on any atom is -0.349 e. The molecule has 2 aromatic heterocycles. The lowest BCUT2D eigenvalue weighted by Gasteiger charge is -2.34. The van der Waals surface area contributed by atoms with E-state index in [1.807, 2.05) is 17.4 Å². The summed E-state index contributed by atoms with van der Waals surface area (Å²) in [6, 6.07) is 4.48. The third-order valence-electron chi connectivity index (χ3n) is 3.34. The molecule has 94 valence electrons. The van der Waals surface area contributed by atoms with E-state index in [2.05, 4.69) is 38.7 Å². The van der Waals surface area contributed by atoms with Crippen LogP contribution in [-0.4, -0.2) is 16.5 Å². The molecule has 0 saturated carbocycles. The molecule has 0 amide bonds. The summed E-state index contributed by atoms with van der Waals surface area (Å²) in [4.78, 5) is 12.2. The maximum absolute atomic E-state index is 5.35. The van der Waals surface area contributed by atoms with Crippen LogP contribution in [0.25, 0.3) is 0 Å². The van der Waals surface area contributed by atoms with E-state index in [1.165, 1.54) is 10.4 Å². The first-order chi connectivity index (χ1) is 8.79. The fraction of sp³-hybridized carbons (Fsp3) is 0.333. The Morgan fingerprint density at radius 3 is 3.22 bits per heavy atom. The zero-order chi connectivity index (χ0) is 12.5. The quantitative estimate of drug-likeness (QED) is 0.639. The van der Waals surface area contributed by atoms with Gasteiger partial charge in [0.1, 0.15) is 5.82 Å². The third-order valence-corrected chi connectivity index (χ3v) is 4.34. The highest BCUT2D eigenvalue weighted by Gasteiger charge is 2.25. The maximum atomic E-state index is 5.35. The second-order valence-electron chi connectivity index (χ2n) is 4.30. The number of anilines is 2. The van der Waals surface area contributed by atoms with Gasteiger partial charge in [-0.2, -0.15) is 4.98 Å². The molecular formula is C12H15N5S. The van der Waals surface area contributed by atoms with Crippen molar-refractivity contribution in [2.75, 3.05) is 16.9 Å². The third kappa shape index (κ3) is 1.83. The highest BCUT2D eigenvalue weighted by atomic mass is 32.1. The maximum Gasteiger partial charge on any atom is 0.239 e. The molecule has 3 heterocycles. The standard InChI is InChI=1S/C12H15N5S/c1-8-9-4-7-18-10(9)3-6-17(8)11-2-5-14-12(15-11)16-13/h2,4-5,7-8H,3,6,13H2,1H3,(H,14,15,16). The fourth-order valence-corrected chi connectivity index (χ4v) is 3.36. The van der Waals surface area contributed by atoms with E-state index < -0.39 is 0 Å². The molecule has 0 bridgehead atoms. The van der Waals surface area contributed by atoms with Crippen LogP contribution in [0.2, 0.25) is 0 Å². The van der Waals surface area contributed by atoms with Crippen LogP contribution in [0.15, 0.2) is 23.7 Å². The van der Waals surface area contributed by atoms with Crippen molar-refractivity contribution in [1.29, 1.82) is 0 Å². The zero-order valence-corrected chi connectivity index (χ0v) is 10.9. The van der Waals surface area contributed by atoms with Gasteiger partial charge >= 0.3 is 0 Å². The summed E-state index contributed by atoms with van der Waals surface area (Å²) in [5.74, 6) is 6.72. The van der Waals surface area contributed by atoms with E-state index in [-0.39, 0.29) is 0 Å². The summed E-state index contributed by atoms with van der Waals surface area (Å²) in [5, 5.41) is 2.16. The summed E-state index contributed by atoms with van der Waals surface area (Å²) in [5.41, 5.74) is 3.90. The Labute approximate surface area is 110 Å². The Bertz CT molecular complexity index is 553. The molecule has 1 atom stereocenters. The first kappa shape index (κ1) is 11.4. The number of thiophene rings is 1. The van der Waals surface area contributed by atoms with Gasteiger partial charge in [0.2, 0.25) is 5.95 Å². The molecule has 0 fully saturated rings. The van der Waals surface area contributed by atoms with Crippen LogP contribution < -0.4 is 16.2 Å². The second kappa shape index (κ2) is 4.55. The molecule has 3 rings (SSSR count). The lowest BCUT2D eigenvalue weighted by Crippen LogP contribution is -2.34. The number of nitrogen functional groups attached to an aromatic ring is 1. The lowest BCUT2D eigenvalue weighted by molar-refractivity contribution is 0.624. The van der Waals surface area contributed by atoms with Gasteiger partial charge in [-0.3, -0.25) is 5.43 Å². The molecule has 5 nitrogen and oxygen atoms in total. The van der Waals surface area contributed by atoms with Crippen molar-refractivity contribution >= 4 is 23.1 Å². The van der Waals surface area contributed by atoms with Crippen LogP contribution >= 0.6 is 11.3 Å². The predicted octanol–water partition coefficient (Wildman–Crippen LogP) is 1.95. The molecule has 0 radical (unpaired) electrons. The van der Waals surface area contributed by atoms with Gasteiger partial charge in [0.25, 0.3) is 0 Å². The van der Waals surface area contributed by atoms with E-state index in [1.54, 1.807) is 6.20 Å². The van der Waals surface area contributed by atoms with E-state index in [0.717, 1.165) is 18.8 Å². The van der Waals surface area contributed by atoms with Crippen LogP contribution in [0.1, 0.15) is 23.4 Å². The van der Waals surface area contributed by atoms with Gasteiger partial charge in [-0.05, 0) is 36.4 Å². The molecular weight excluding hydrogens is 246 g/mol. The number of nitrogens with one attached hydrogen (secondary N) is 1. The number of nitrogens with two attached hydrogens (primary N) is 1. The molecule has 1 aliphatic heterocycles. The Morgan fingerprint density at radius 1 is 1.50 bits per heavy atom. The van der Waals surface area contributed by atoms with Crippen molar-refractivity contribution in [2.24, 2.45) is 5.84 Å². The van der Waals surface area contributed by atoms with Gasteiger partial charge in [0.15, 0.2) is 0 Å². The first-order valence-corrected chi connectivity index (χ1v) is 6.80. The highest BCUT2D eigenvalue weighted by molar-refractivity contribution is 7.10. The van der Waals surface area contributed by atoms with Crippen molar-refractivity contribution in [3.05, 3.63) is 34.2 Å². The highest BCUT2D eigenvalue weighted by Crippen LogP contribution is 2.35. The molecule has 1 unspecified atom stereocenters. The molecule has 0 spiro atoms. The summed E-state index contributed by atoms with van der Waals surface area (Å²) in [7, 11) is 0. The topological polar surface area (TPSA) is 67.1 Å². The van der Waals surface area contributed by atoms with Crippen molar-refractivity contribution < 1.29 is 0 Å². The summed E-state index contributed by atoms with van der Waals surface area (Å²) < 4.78 is 0. The number of hydrazine groups is 1. The van der Waals surface area contributed by atoms with Gasteiger partial charge in [-0.15, -0.1) is 11.3 Å². The molecule has 18 heavy (non-hydrogen) atoms. The average molecular weight is 261 g/mol. The number of nitrogens with zero attached hydrogens (tertiary/aromatic N) is 3. The number of fused-ring (bicyclic) bond motifs is 1. The monoisotopic (exact) mass is 261 g/mol. The Kier molecular flexibility index (Phi) is 2.89. The smallest absolute Gasteiger partial charge is 0.239 e. The van der Waals surface area contributed by atoms with Gasteiger partial charge < -0.3 is 4.90 Å². The number of hydrogen-bond acceptors (Lipinski definition) is 6. The van der Waals surface area contributed by atoms with E-state index in [4.69, 9.17) is 5.84 Å². The normalized spacial score (nSPS) is 18.6.